The van der Waals surface area contributed by atoms with E-state index in [1.54, 1.807) is 18.2 Å². The molecule has 0 aromatic heterocycles. The number of nitrogens with one attached hydrogen (secondary N) is 1. The van der Waals surface area contributed by atoms with E-state index in [-0.39, 0.29) is 11.8 Å². The van der Waals surface area contributed by atoms with Gasteiger partial charge >= 0.3 is 5.97 Å². The number of hydrogen-bond donors (Lipinski definition) is 1. The zero-order chi connectivity index (χ0) is 14.6. The van der Waals surface area contributed by atoms with Gasteiger partial charge in [-0.1, -0.05) is 25.4 Å². The zero-order valence-electron chi connectivity index (χ0n) is 10.9. The first kappa shape index (κ1) is 16.0. The van der Waals surface area contributed by atoms with Crippen LogP contribution in [0.15, 0.2) is 22.7 Å². The topological polar surface area (TPSA) is 55.4 Å². The molecule has 0 aliphatic heterocycles. The van der Waals surface area contributed by atoms with Gasteiger partial charge < -0.3 is 10.1 Å². The molecule has 1 amide bonds. The zero-order valence-corrected chi connectivity index (χ0v) is 13.2. The van der Waals surface area contributed by atoms with Crippen molar-refractivity contribution in [2.45, 2.75) is 19.9 Å². The molecule has 0 spiro atoms. The van der Waals surface area contributed by atoms with Crippen molar-refractivity contribution in [3.05, 3.63) is 33.3 Å². The minimum absolute atomic E-state index is 0.0628. The summed E-state index contributed by atoms with van der Waals surface area (Å²) >= 11 is 9.11. The van der Waals surface area contributed by atoms with Crippen LogP contribution < -0.4 is 5.32 Å². The lowest BCUT2D eigenvalue weighted by Crippen LogP contribution is -2.45. The van der Waals surface area contributed by atoms with E-state index in [0.29, 0.717) is 15.1 Å². The van der Waals surface area contributed by atoms with E-state index in [1.165, 1.54) is 7.11 Å². The van der Waals surface area contributed by atoms with Gasteiger partial charge in [0.15, 0.2) is 0 Å². The quantitative estimate of drug-likeness (QED) is 0.851. The predicted molar refractivity (Wildman–Crippen MR) is 77.3 cm³/mol. The lowest BCUT2D eigenvalue weighted by atomic mass is 10.0. The van der Waals surface area contributed by atoms with Gasteiger partial charge in [-0.15, -0.1) is 0 Å². The van der Waals surface area contributed by atoms with Crippen LogP contribution in [0.3, 0.4) is 0 Å². The monoisotopic (exact) mass is 347 g/mol. The highest BCUT2D eigenvalue weighted by atomic mass is 79.9. The van der Waals surface area contributed by atoms with Crippen LogP contribution in [0.25, 0.3) is 0 Å². The number of esters is 1. The Kier molecular flexibility index (Phi) is 5.82. The van der Waals surface area contributed by atoms with Crippen LogP contribution in [0.2, 0.25) is 5.02 Å². The first-order chi connectivity index (χ1) is 8.86. The number of amides is 1. The average molecular weight is 349 g/mol. The van der Waals surface area contributed by atoms with Crippen LogP contribution in [0, 0.1) is 5.92 Å². The Hall–Kier alpha value is -1.07. The molecule has 1 atom stereocenters. The third-order valence-electron chi connectivity index (χ3n) is 2.59. The summed E-state index contributed by atoms with van der Waals surface area (Å²) in [5.74, 6) is -0.870. The number of methoxy groups -OCH3 is 1. The predicted octanol–water partition coefficient (Wildman–Crippen LogP) is 3.03. The van der Waals surface area contributed by atoms with E-state index in [9.17, 15) is 9.59 Å². The number of carbonyl (C=O) groups is 2. The standard InChI is InChI=1S/C13H15BrClNO3/c1-7(2)11(13(18)19-3)16-12(17)8-4-5-10(15)9(14)6-8/h4-7,11H,1-3H3,(H,16,17)/t11-/m0/s1. The molecular weight excluding hydrogens is 334 g/mol. The van der Waals surface area contributed by atoms with E-state index in [4.69, 9.17) is 11.6 Å². The summed E-state index contributed by atoms with van der Waals surface area (Å²) in [6, 6.07) is 4.14. The highest BCUT2D eigenvalue weighted by Crippen LogP contribution is 2.23. The molecule has 0 aliphatic rings. The third kappa shape index (κ3) is 4.21. The summed E-state index contributed by atoms with van der Waals surface area (Å²) < 4.78 is 5.30. The van der Waals surface area contributed by atoms with Crippen molar-refractivity contribution >= 4 is 39.4 Å². The van der Waals surface area contributed by atoms with Gasteiger partial charge in [0, 0.05) is 10.0 Å². The summed E-state index contributed by atoms with van der Waals surface area (Å²) in [6.07, 6.45) is 0. The van der Waals surface area contributed by atoms with Crippen molar-refractivity contribution in [3.8, 4) is 0 Å². The molecule has 0 bridgehead atoms. The molecule has 1 rings (SSSR count). The number of ether oxygens (including phenoxy) is 1. The molecule has 104 valence electrons. The second-order valence-corrected chi connectivity index (χ2v) is 5.61. The van der Waals surface area contributed by atoms with E-state index >= 15 is 0 Å². The summed E-state index contributed by atoms with van der Waals surface area (Å²) in [4.78, 5) is 23.6. The van der Waals surface area contributed by atoms with Crippen LogP contribution in [-0.2, 0) is 9.53 Å². The first-order valence-corrected chi connectivity index (χ1v) is 6.87. The van der Waals surface area contributed by atoms with E-state index in [2.05, 4.69) is 26.0 Å². The smallest absolute Gasteiger partial charge is 0.328 e. The SMILES string of the molecule is COC(=O)[C@@H](NC(=O)c1ccc(Cl)c(Br)c1)C(C)C. The van der Waals surface area contributed by atoms with Gasteiger partial charge in [0.1, 0.15) is 6.04 Å². The van der Waals surface area contributed by atoms with Crippen LogP contribution in [-0.4, -0.2) is 25.0 Å². The average Bonchev–Trinajstić information content (AvgIpc) is 2.37. The maximum atomic E-state index is 12.1. The fourth-order valence-electron chi connectivity index (χ4n) is 1.49. The van der Waals surface area contributed by atoms with Crippen molar-refractivity contribution in [2.24, 2.45) is 5.92 Å². The third-order valence-corrected chi connectivity index (χ3v) is 3.80. The van der Waals surface area contributed by atoms with Crippen molar-refractivity contribution in [2.75, 3.05) is 7.11 Å². The van der Waals surface area contributed by atoms with Gasteiger partial charge in [0.05, 0.1) is 12.1 Å². The summed E-state index contributed by atoms with van der Waals surface area (Å²) in [6.45, 7) is 3.67. The van der Waals surface area contributed by atoms with Crippen LogP contribution in [0.5, 0.6) is 0 Å². The van der Waals surface area contributed by atoms with Crippen molar-refractivity contribution in [1.29, 1.82) is 0 Å². The Bertz CT molecular complexity index is 491. The van der Waals surface area contributed by atoms with E-state index in [1.807, 2.05) is 13.8 Å². The number of carbonyl (C=O) groups excluding carboxylic acids is 2. The largest absolute Gasteiger partial charge is 0.467 e. The Morgan fingerprint density at radius 2 is 2.00 bits per heavy atom. The number of benzene rings is 1. The molecule has 4 nitrogen and oxygen atoms in total. The Morgan fingerprint density at radius 3 is 2.47 bits per heavy atom. The summed E-state index contributed by atoms with van der Waals surface area (Å²) in [5.41, 5.74) is 0.422. The fourth-order valence-corrected chi connectivity index (χ4v) is 1.98. The Balaban J connectivity index is 2.87. The molecular formula is C13H15BrClNO3. The van der Waals surface area contributed by atoms with Crippen LogP contribution in [0.1, 0.15) is 24.2 Å². The lowest BCUT2D eigenvalue weighted by molar-refractivity contribution is -0.144. The summed E-state index contributed by atoms with van der Waals surface area (Å²) in [7, 11) is 1.29. The van der Waals surface area contributed by atoms with Crippen molar-refractivity contribution in [1.82, 2.24) is 5.32 Å². The molecule has 0 radical (unpaired) electrons. The Labute approximate surface area is 125 Å². The highest BCUT2D eigenvalue weighted by Gasteiger charge is 2.25. The maximum absolute atomic E-state index is 12.1. The minimum atomic E-state index is -0.674. The molecule has 19 heavy (non-hydrogen) atoms. The van der Waals surface area contributed by atoms with Gasteiger partial charge in [0.25, 0.3) is 5.91 Å². The molecule has 0 saturated carbocycles. The molecule has 0 aliphatic carbocycles. The van der Waals surface area contributed by atoms with Gasteiger partial charge in [-0.25, -0.2) is 4.79 Å². The number of halogens is 2. The first-order valence-electron chi connectivity index (χ1n) is 5.70. The molecule has 1 aromatic carbocycles. The molecule has 0 unspecified atom stereocenters. The van der Waals surface area contributed by atoms with Gasteiger partial charge in [-0.05, 0) is 40.0 Å². The maximum Gasteiger partial charge on any atom is 0.328 e. The highest BCUT2D eigenvalue weighted by molar-refractivity contribution is 9.10. The second-order valence-electron chi connectivity index (χ2n) is 4.35. The molecule has 1 aromatic rings. The van der Waals surface area contributed by atoms with Gasteiger partial charge in [-0.3, -0.25) is 4.79 Å². The number of rotatable bonds is 4. The van der Waals surface area contributed by atoms with Gasteiger partial charge in [-0.2, -0.15) is 0 Å². The second kappa shape index (κ2) is 6.91. The fraction of sp³-hybridized carbons (Fsp3) is 0.385. The minimum Gasteiger partial charge on any atom is -0.467 e. The van der Waals surface area contributed by atoms with Gasteiger partial charge in [0.2, 0.25) is 0 Å². The molecule has 1 N–H and O–H groups in total. The van der Waals surface area contributed by atoms with Crippen LogP contribution >= 0.6 is 27.5 Å². The van der Waals surface area contributed by atoms with Crippen molar-refractivity contribution in [3.63, 3.8) is 0 Å². The number of hydrogen-bond acceptors (Lipinski definition) is 3. The van der Waals surface area contributed by atoms with E-state index in [0.717, 1.165) is 0 Å². The Morgan fingerprint density at radius 1 is 1.37 bits per heavy atom. The van der Waals surface area contributed by atoms with E-state index < -0.39 is 12.0 Å². The molecule has 0 fully saturated rings. The normalized spacial score (nSPS) is 12.1. The van der Waals surface area contributed by atoms with Crippen LogP contribution in [0.4, 0.5) is 0 Å². The molecule has 0 saturated heterocycles. The van der Waals surface area contributed by atoms with Crippen molar-refractivity contribution < 1.29 is 14.3 Å². The molecule has 0 heterocycles. The lowest BCUT2D eigenvalue weighted by Gasteiger charge is -2.19. The molecule has 6 heteroatoms. The summed E-state index contributed by atoms with van der Waals surface area (Å²) in [5, 5.41) is 3.17.